The highest BCUT2D eigenvalue weighted by Gasteiger charge is 2.43. The first-order valence-corrected chi connectivity index (χ1v) is 15.0. The lowest BCUT2D eigenvalue weighted by molar-refractivity contribution is -0.384. The zero-order valence-electron chi connectivity index (χ0n) is 24.1. The molecule has 6 rings (SSSR count). The summed E-state index contributed by atoms with van der Waals surface area (Å²) in [5.74, 6) is 2.69. The highest BCUT2D eigenvalue weighted by molar-refractivity contribution is 7.80. The molecular formula is C32H32ClN5O4S. The normalized spacial score (nSPS) is 22.0. The molecule has 2 aromatic carbocycles. The van der Waals surface area contributed by atoms with Crippen LogP contribution in [0.5, 0.6) is 5.75 Å². The van der Waals surface area contributed by atoms with E-state index in [0.717, 1.165) is 30.2 Å². The zero-order chi connectivity index (χ0) is 30.2. The third kappa shape index (κ3) is 5.64. The van der Waals surface area contributed by atoms with Gasteiger partial charge in [-0.15, -0.1) is 0 Å². The van der Waals surface area contributed by atoms with E-state index in [1.165, 1.54) is 25.7 Å². The molecule has 2 aliphatic heterocycles. The third-order valence-electron chi connectivity index (χ3n) is 8.10. The standard InChI is InChI=1S/C32H32ClN5O4S/c1-19-14-20(2)18-36(17-19)26-10-8-21(15-24(26)33)37-31(30(35-32(37)43)25-6-4-5-13-34-25)28-12-11-27(42-28)23-9-7-22(38(39)40)16-29(23)41-3/h4-13,15-16,19-20,30-31H,14,17-18H2,1-3H3,(H,35,43)/t19-,20+,30-,31-/m1/s1. The van der Waals surface area contributed by atoms with Crippen LogP contribution in [0.15, 0.2) is 77.3 Å². The molecule has 0 aliphatic carbocycles. The first kappa shape index (κ1) is 28.9. The summed E-state index contributed by atoms with van der Waals surface area (Å²) in [4.78, 5) is 19.9. The number of hydrogen-bond donors (Lipinski definition) is 1. The number of ether oxygens (including phenoxy) is 1. The van der Waals surface area contributed by atoms with Crippen LogP contribution in [-0.2, 0) is 0 Å². The quantitative estimate of drug-likeness (QED) is 0.128. The van der Waals surface area contributed by atoms with Gasteiger partial charge in [-0.2, -0.15) is 0 Å². The molecule has 43 heavy (non-hydrogen) atoms. The lowest BCUT2D eigenvalue weighted by atomic mass is 9.91. The number of anilines is 2. The van der Waals surface area contributed by atoms with Crippen molar-refractivity contribution >= 4 is 46.0 Å². The second kappa shape index (κ2) is 11.9. The number of nitro benzene ring substituents is 1. The highest BCUT2D eigenvalue weighted by atomic mass is 35.5. The summed E-state index contributed by atoms with van der Waals surface area (Å²) >= 11 is 12.8. The number of hydrogen-bond acceptors (Lipinski definition) is 7. The van der Waals surface area contributed by atoms with Crippen molar-refractivity contribution in [2.75, 3.05) is 30.0 Å². The summed E-state index contributed by atoms with van der Waals surface area (Å²) in [6.07, 6.45) is 2.97. The Hall–Kier alpha value is -4.15. The number of rotatable bonds is 7. The van der Waals surface area contributed by atoms with Crippen LogP contribution in [0.3, 0.4) is 0 Å². The topological polar surface area (TPSA) is 96.9 Å². The van der Waals surface area contributed by atoms with Gasteiger partial charge in [0, 0.05) is 31.0 Å². The predicted octanol–water partition coefficient (Wildman–Crippen LogP) is 7.57. The van der Waals surface area contributed by atoms with Gasteiger partial charge in [0.05, 0.1) is 46.1 Å². The minimum absolute atomic E-state index is 0.0621. The molecule has 2 fully saturated rings. The number of piperidine rings is 1. The van der Waals surface area contributed by atoms with E-state index in [1.54, 1.807) is 12.3 Å². The third-order valence-corrected chi connectivity index (χ3v) is 8.71. The second-order valence-electron chi connectivity index (χ2n) is 11.3. The molecule has 4 aromatic rings. The van der Waals surface area contributed by atoms with Gasteiger partial charge in [0.15, 0.2) is 5.11 Å². The Kier molecular flexibility index (Phi) is 7.98. The molecule has 222 valence electrons. The maximum Gasteiger partial charge on any atom is 0.273 e. The number of nitro groups is 1. The number of benzene rings is 2. The molecule has 2 saturated heterocycles. The fraction of sp³-hybridized carbons (Fsp3) is 0.312. The van der Waals surface area contributed by atoms with Crippen LogP contribution < -0.4 is 19.9 Å². The second-order valence-corrected chi connectivity index (χ2v) is 12.1. The molecular weight excluding hydrogens is 586 g/mol. The number of non-ortho nitro benzene ring substituents is 1. The van der Waals surface area contributed by atoms with Crippen LogP contribution in [0.25, 0.3) is 11.3 Å². The number of nitrogens with one attached hydrogen (secondary N) is 1. The largest absolute Gasteiger partial charge is 0.496 e. The van der Waals surface area contributed by atoms with Crippen LogP contribution in [0.2, 0.25) is 5.02 Å². The van der Waals surface area contributed by atoms with Crippen molar-refractivity contribution in [1.29, 1.82) is 0 Å². The van der Waals surface area contributed by atoms with E-state index in [1.807, 2.05) is 41.3 Å². The van der Waals surface area contributed by atoms with E-state index in [2.05, 4.69) is 41.2 Å². The van der Waals surface area contributed by atoms with Crippen molar-refractivity contribution in [3.05, 3.63) is 99.5 Å². The number of aromatic nitrogens is 1. The summed E-state index contributed by atoms with van der Waals surface area (Å²) in [7, 11) is 1.48. The Morgan fingerprint density at radius 1 is 1.09 bits per heavy atom. The fourth-order valence-electron chi connectivity index (χ4n) is 6.34. The van der Waals surface area contributed by atoms with Crippen molar-refractivity contribution in [2.24, 2.45) is 11.8 Å². The summed E-state index contributed by atoms with van der Waals surface area (Å²) in [5, 5.41) is 16.0. The molecule has 0 saturated carbocycles. The van der Waals surface area contributed by atoms with E-state index in [0.29, 0.717) is 44.8 Å². The maximum absolute atomic E-state index is 11.3. The first-order valence-electron chi connectivity index (χ1n) is 14.2. The molecule has 0 unspecified atom stereocenters. The Morgan fingerprint density at radius 3 is 2.56 bits per heavy atom. The maximum atomic E-state index is 11.3. The van der Waals surface area contributed by atoms with Gasteiger partial charge in [-0.25, -0.2) is 0 Å². The first-order chi connectivity index (χ1) is 20.7. The number of thiocarbonyl (C=S) groups is 1. The van der Waals surface area contributed by atoms with E-state index < -0.39 is 11.0 Å². The number of nitrogens with zero attached hydrogens (tertiary/aromatic N) is 4. The molecule has 4 heterocycles. The summed E-state index contributed by atoms with van der Waals surface area (Å²) < 4.78 is 11.9. The van der Waals surface area contributed by atoms with E-state index in [-0.39, 0.29) is 11.7 Å². The molecule has 1 N–H and O–H groups in total. The molecule has 11 heteroatoms. The lowest BCUT2D eigenvalue weighted by Crippen LogP contribution is -2.38. The van der Waals surface area contributed by atoms with Gasteiger partial charge in [0.1, 0.15) is 23.3 Å². The molecule has 0 bridgehead atoms. The van der Waals surface area contributed by atoms with Crippen molar-refractivity contribution < 1.29 is 14.1 Å². The van der Waals surface area contributed by atoms with Crippen molar-refractivity contribution in [3.8, 4) is 17.1 Å². The average Bonchev–Trinajstić information content (AvgIpc) is 3.61. The number of pyridine rings is 1. The predicted molar refractivity (Wildman–Crippen MR) is 172 cm³/mol. The Balaban J connectivity index is 1.39. The van der Waals surface area contributed by atoms with Crippen LogP contribution in [-0.4, -0.2) is 35.2 Å². The molecule has 4 atom stereocenters. The van der Waals surface area contributed by atoms with Gasteiger partial charge in [-0.3, -0.25) is 15.1 Å². The van der Waals surface area contributed by atoms with Gasteiger partial charge in [0.2, 0.25) is 0 Å². The molecule has 2 aromatic heterocycles. The molecule has 0 amide bonds. The monoisotopic (exact) mass is 617 g/mol. The number of methoxy groups -OCH3 is 1. The van der Waals surface area contributed by atoms with Gasteiger partial charge < -0.3 is 24.3 Å². The smallest absolute Gasteiger partial charge is 0.273 e. The Morgan fingerprint density at radius 2 is 1.88 bits per heavy atom. The van der Waals surface area contributed by atoms with E-state index in [9.17, 15) is 10.1 Å². The van der Waals surface area contributed by atoms with Gasteiger partial charge >= 0.3 is 0 Å². The van der Waals surface area contributed by atoms with Crippen LogP contribution in [0.1, 0.15) is 43.8 Å². The van der Waals surface area contributed by atoms with Crippen molar-refractivity contribution in [1.82, 2.24) is 10.3 Å². The van der Waals surface area contributed by atoms with Crippen LogP contribution >= 0.6 is 23.8 Å². The van der Waals surface area contributed by atoms with Gasteiger partial charge in [-0.05, 0) is 79.0 Å². The van der Waals surface area contributed by atoms with E-state index >= 15 is 0 Å². The number of halogens is 1. The molecule has 2 aliphatic rings. The Labute approximate surface area is 260 Å². The van der Waals surface area contributed by atoms with E-state index in [4.69, 9.17) is 33.0 Å². The molecule has 0 spiro atoms. The lowest BCUT2D eigenvalue weighted by Gasteiger charge is -2.37. The molecule has 0 radical (unpaired) electrons. The van der Waals surface area contributed by atoms with Crippen LogP contribution in [0, 0.1) is 22.0 Å². The summed E-state index contributed by atoms with van der Waals surface area (Å²) in [6, 6.07) is 19.3. The highest BCUT2D eigenvalue weighted by Crippen LogP contribution is 2.45. The van der Waals surface area contributed by atoms with Gasteiger partial charge in [0.25, 0.3) is 5.69 Å². The Bertz CT molecular complexity index is 1650. The minimum atomic E-state index is -0.455. The van der Waals surface area contributed by atoms with Crippen molar-refractivity contribution in [3.63, 3.8) is 0 Å². The summed E-state index contributed by atoms with van der Waals surface area (Å²) in [6.45, 7) is 6.51. The van der Waals surface area contributed by atoms with Gasteiger partial charge in [-0.1, -0.05) is 31.5 Å². The fourth-order valence-corrected chi connectivity index (χ4v) is 6.98. The number of furan rings is 1. The minimum Gasteiger partial charge on any atom is -0.496 e. The summed E-state index contributed by atoms with van der Waals surface area (Å²) in [5.41, 5.74) is 3.20. The SMILES string of the molecule is COc1cc([N+](=O)[O-])ccc1-c1ccc([C@@H]2[C@@H](c3ccccn3)NC(=S)N2c2ccc(N3C[C@H](C)C[C@H](C)C3)c(Cl)c2)o1. The zero-order valence-corrected chi connectivity index (χ0v) is 25.6. The van der Waals surface area contributed by atoms with Crippen LogP contribution in [0.4, 0.5) is 17.1 Å². The van der Waals surface area contributed by atoms with Crippen molar-refractivity contribution in [2.45, 2.75) is 32.4 Å². The average molecular weight is 618 g/mol. The molecule has 9 nitrogen and oxygen atoms in total.